The van der Waals surface area contributed by atoms with Crippen LogP contribution in [0.25, 0.3) is 6.08 Å². The largest absolute Gasteiger partial charge is 0.425 e. The molecule has 0 N–H and O–H groups in total. The molecule has 20 heavy (non-hydrogen) atoms. The number of aryl methyl sites for hydroxylation is 2. The highest BCUT2D eigenvalue weighted by Gasteiger charge is 2.34. The van der Waals surface area contributed by atoms with Gasteiger partial charge in [-0.1, -0.05) is 36.9 Å². The molecule has 1 unspecified atom stereocenters. The van der Waals surface area contributed by atoms with Crippen LogP contribution in [0.1, 0.15) is 33.7 Å². The van der Waals surface area contributed by atoms with E-state index in [1.165, 1.54) is 11.1 Å². The lowest BCUT2D eigenvalue weighted by Gasteiger charge is -2.10. The van der Waals surface area contributed by atoms with Gasteiger partial charge in [0.2, 0.25) is 0 Å². The van der Waals surface area contributed by atoms with E-state index in [2.05, 4.69) is 26.5 Å². The van der Waals surface area contributed by atoms with Gasteiger partial charge in [-0.3, -0.25) is 4.79 Å². The number of ether oxygens (including phenoxy) is 1. The predicted molar refractivity (Wildman–Crippen MR) is 79.9 cm³/mol. The first-order valence-electron chi connectivity index (χ1n) is 6.65. The first-order valence-corrected chi connectivity index (χ1v) is 6.65. The average molecular weight is 264 g/mol. The molecular weight excluding hydrogens is 248 g/mol. The summed E-state index contributed by atoms with van der Waals surface area (Å²) in [6.07, 6.45) is 1.78. The SMILES string of the molecule is C=Cc1ccc2c(c1)C(c1ccc(C)c(C)c1)C(=O)O2. The van der Waals surface area contributed by atoms with Gasteiger partial charge in [0.1, 0.15) is 11.7 Å². The van der Waals surface area contributed by atoms with Gasteiger partial charge in [0.25, 0.3) is 0 Å². The molecule has 2 heteroatoms. The molecule has 100 valence electrons. The van der Waals surface area contributed by atoms with E-state index in [4.69, 9.17) is 4.74 Å². The van der Waals surface area contributed by atoms with Crippen LogP contribution in [0.2, 0.25) is 0 Å². The van der Waals surface area contributed by atoms with Crippen LogP contribution in [0.3, 0.4) is 0 Å². The zero-order valence-electron chi connectivity index (χ0n) is 11.6. The van der Waals surface area contributed by atoms with Gasteiger partial charge in [-0.2, -0.15) is 0 Å². The molecule has 0 radical (unpaired) electrons. The lowest BCUT2D eigenvalue weighted by molar-refractivity contribution is -0.133. The summed E-state index contributed by atoms with van der Waals surface area (Å²) >= 11 is 0. The van der Waals surface area contributed by atoms with Crippen molar-refractivity contribution in [2.45, 2.75) is 19.8 Å². The molecule has 1 atom stereocenters. The zero-order chi connectivity index (χ0) is 14.3. The molecule has 0 spiro atoms. The highest BCUT2D eigenvalue weighted by Crippen LogP contribution is 2.40. The highest BCUT2D eigenvalue weighted by atomic mass is 16.5. The Morgan fingerprint density at radius 3 is 2.60 bits per heavy atom. The van der Waals surface area contributed by atoms with Gasteiger partial charge in [0.05, 0.1) is 0 Å². The number of benzene rings is 2. The fourth-order valence-corrected chi connectivity index (χ4v) is 2.57. The fourth-order valence-electron chi connectivity index (χ4n) is 2.57. The molecule has 1 heterocycles. The summed E-state index contributed by atoms with van der Waals surface area (Å²) in [5, 5.41) is 0. The maximum Gasteiger partial charge on any atom is 0.323 e. The molecule has 0 amide bonds. The van der Waals surface area contributed by atoms with Crippen molar-refractivity contribution in [3.63, 3.8) is 0 Å². The molecule has 0 aliphatic carbocycles. The van der Waals surface area contributed by atoms with Crippen molar-refractivity contribution in [3.8, 4) is 5.75 Å². The number of esters is 1. The highest BCUT2D eigenvalue weighted by molar-refractivity contribution is 5.89. The number of hydrogen-bond acceptors (Lipinski definition) is 2. The van der Waals surface area contributed by atoms with E-state index >= 15 is 0 Å². The molecule has 2 nitrogen and oxygen atoms in total. The number of hydrogen-bond donors (Lipinski definition) is 0. The maximum absolute atomic E-state index is 12.2. The second-order valence-electron chi connectivity index (χ2n) is 5.20. The quantitative estimate of drug-likeness (QED) is 0.605. The van der Waals surface area contributed by atoms with Crippen LogP contribution in [0.4, 0.5) is 0 Å². The predicted octanol–water partition coefficient (Wildman–Crippen LogP) is 4.00. The van der Waals surface area contributed by atoms with Crippen LogP contribution < -0.4 is 4.74 Å². The van der Waals surface area contributed by atoms with Gasteiger partial charge in [0.15, 0.2) is 0 Å². The van der Waals surface area contributed by atoms with E-state index < -0.39 is 0 Å². The van der Waals surface area contributed by atoms with Crippen LogP contribution in [0.5, 0.6) is 5.75 Å². The summed E-state index contributed by atoms with van der Waals surface area (Å²) in [6, 6.07) is 11.8. The van der Waals surface area contributed by atoms with Crippen molar-refractivity contribution >= 4 is 12.0 Å². The van der Waals surface area contributed by atoms with Gasteiger partial charge < -0.3 is 4.74 Å². The van der Waals surface area contributed by atoms with E-state index in [-0.39, 0.29) is 11.9 Å². The summed E-state index contributed by atoms with van der Waals surface area (Å²) in [5.74, 6) is 0.123. The molecule has 0 aromatic heterocycles. The van der Waals surface area contributed by atoms with Crippen LogP contribution in [-0.4, -0.2) is 5.97 Å². The second-order valence-corrected chi connectivity index (χ2v) is 5.20. The van der Waals surface area contributed by atoms with Gasteiger partial charge in [0, 0.05) is 5.56 Å². The minimum Gasteiger partial charge on any atom is -0.425 e. The maximum atomic E-state index is 12.2. The Morgan fingerprint density at radius 1 is 1.10 bits per heavy atom. The normalized spacial score (nSPS) is 16.7. The summed E-state index contributed by atoms with van der Waals surface area (Å²) in [4.78, 5) is 12.2. The molecule has 1 aliphatic heterocycles. The van der Waals surface area contributed by atoms with Crippen molar-refractivity contribution in [1.82, 2.24) is 0 Å². The third kappa shape index (κ3) is 1.94. The summed E-state index contributed by atoms with van der Waals surface area (Å²) in [7, 11) is 0. The van der Waals surface area contributed by atoms with E-state index in [1.54, 1.807) is 6.08 Å². The Balaban J connectivity index is 2.13. The fraction of sp³-hybridized carbons (Fsp3) is 0.167. The van der Waals surface area contributed by atoms with Gasteiger partial charge in [-0.15, -0.1) is 0 Å². The lowest BCUT2D eigenvalue weighted by Crippen LogP contribution is -2.11. The minimum atomic E-state index is -0.329. The molecule has 2 aromatic rings. The molecule has 0 bridgehead atoms. The topological polar surface area (TPSA) is 26.3 Å². The van der Waals surface area contributed by atoms with Crippen molar-refractivity contribution in [2.75, 3.05) is 0 Å². The molecular formula is C18H16O2. The first kappa shape index (κ1) is 12.7. The van der Waals surface area contributed by atoms with Crippen molar-refractivity contribution in [1.29, 1.82) is 0 Å². The summed E-state index contributed by atoms with van der Waals surface area (Å²) < 4.78 is 5.37. The number of fused-ring (bicyclic) bond motifs is 1. The van der Waals surface area contributed by atoms with E-state index in [1.807, 2.05) is 30.3 Å². The standard InChI is InChI=1S/C18H16O2/c1-4-13-6-8-16-15(10-13)17(18(19)20-16)14-7-5-11(2)12(3)9-14/h4-10,17H,1H2,2-3H3. The van der Waals surface area contributed by atoms with E-state index in [9.17, 15) is 4.79 Å². The Morgan fingerprint density at radius 2 is 1.90 bits per heavy atom. The van der Waals surface area contributed by atoms with Gasteiger partial charge in [-0.05, 0) is 48.2 Å². The third-order valence-electron chi connectivity index (χ3n) is 3.89. The van der Waals surface area contributed by atoms with Crippen molar-refractivity contribution in [2.24, 2.45) is 0 Å². The average Bonchev–Trinajstić information content (AvgIpc) is 2.77. The van der Waals surface area contributed by atoms with E-state index in [0.29, 0.717) is 5.75 Å². The summed E-state index contributed by atoms with van der Waals surface area (Å²) in [6.45, 7) is 7.89. The summed E-state index contributed by atoms with van der Waals surface area (Å²) in [5.41, 5.74) is 5.31. The number of carbonyl (C=O) groups excluding carboxylic acids is 1. The molecule has 0 fully saturated rings. The molecule has 3 rings (SSSR count). The first-order chi connectivity index (χ1) is 9.60. The smallest absolute Gasteiger partial charge is 0.323 e. The Bertz CT molecular complexity index is 713. The van der Waals surface area contributed by atoms with Crippen LogP contribution in [0, 0.1) is 13.8 Å². The van der Waals surface area contributed by atoms with Crippen molar-refractivity contribution < 1.29 is 9.53 Å². The van der Waals surface area contributed by atoms with Crippen molar-refractivity contribution in [3.05, 3.63) is 70.8 Å². The monoisotopic (exact) mass is 264 g/mol. The van der Waals surface area contributed by atoms with Crippen LogP contribution in [-0.2, 0) is 4.79 Å². The molecule has 1 aliphatic rings. The number of carbonyl (C=O) groups is 1. The van der Waals surface area contributed by atoms with Gasteiger partial charge in [-0.25, -0.2) is 0 Å². The van der Waals surface area contributed by atoms with Crippen LogP contribution >= 0.6 is 0 Å². The molecule has 0 saturated heterocycles. The zero-order valence-corrected chi connectivity index (χ0v) is 11.6. The van der Waals surface area contributed by atoms with E-state index in [0.717, 1.165) is 16.7 Å². The Hall–Kier alpha value is -2.35. The van der Waals surface area contributed by atoms with Crippen LogP contribution in [0.15, 0.2) is 43.0 Å². The lowest BCUT2D eigenvalue weighted by atomic mass is 9.90. The molecule has 2 aromatic carbocycles. The minimum absolute atomic E-state index is 0.204. The number of rotatable bonds is 2. The second kappa shape index (κ2) is 4.64. The van der Waals surface area contributed by atoms with Gasteiger partial charge >= 0.3 is 5.97 Å². The third-order valence-corrected chi connectivity index (χ3v) is 3.89. The molecule has 0 saturated carbocycles. The Labute approximate surface area is 118 Å². The Kier molecular flexibility index (Phi) is 2.94.